The molecule has 20 heavy (non-hydrogen) atoms. The molecule has 0 atom stereocenters. The normalized spacial score (nSPS) is 18.2. The predicted molar refractivity (Wildman–Crippen MR) is 72.4 cm³/mol. The molecule has 1 aliphatic carbocycles. The van der Waals surface area contributed by atoms with E-state index < -0.39 is 16.4 Å². The Hall–Kier alpha value is -1.89. The molecule has 0 spiro atoms. The lowest BCUT2D eigenvalue weighted by Gasteiger charge is -2.26. The molecule has 0 aliphatic heterocycles. The highest BCUT2D eigenvalue weighted by atomic mass is 16.6. The van der Waals surface area contributed by atoms with Gasteiger partial charge in [0.05, 0.1) is 16.7 Å². The van der Waals surface area contributed by atoms with Gasteiger partial charge in [0.2, 0.25) is 0 Å². The highest BCUT2D eigenvalue weighted by Gasteiger charge is 2.28. The SMILES string of the molecule is O=C(NCC1(O)CCCCCC1)c1cc([N+](=O)[O-])c[nH]1. The zero-order valence-corrected chi connectivity index (χ0v) is 11.2. The largest absolute Gasteiger partial charge is 0.388 e. The fourth-order valence-electron chi connectivity index (χ4n) is 2.52. The Balaban J connectivity index is 1.92. The Labute approximate surface area is 116 Å². The van der Waals surface area contributed by atoms with Crippen molar-refractivity contribution >= 4 is 11.6 Å². The summed E-state index contributed by atoms with van der Waals surface area (Å²) < 4.78 is 0. The number of aliphatic hydroxyl groups is 1. The van der Waals surface area contributed by atoms with Crippen molar-refractivity contribution < 1.29 is 14.8 Å². The van der Waals surface area contributed by atoms with E-state index in [2.05, 4.69) is 10.3 Å². The van der Waals surface area contributed by atoms with Gasteiger partial charge in [-0.05, 0) is 12.8 Å². The van der Waals surface area contributed by atoms with Gasteiger partial charge in [-0.2, -0.15) is 0 Å². The zero-order chi connectivity index (χ0) is 14.6. The van der Waals surface area contributed by atoms with E-state index >= 15 is 0 Å². The summed E-state index contributed by atoms with van der Waals surface area (Å²) >= 11 is 0. The number of nitro groups is 1. The highest BCUT2D eigenvalue weighted by molar-refractivity contribution is 5.93. The molecule has 0 saturated heterocycles. The Kier molecular flexibility index (Phi) is 4.39. The second-order valence-corrected chi connectivity index (χ2v) is 5.35. The molecular weight excluding hydrogens is 262 g/mol. The van der Waals surface area contributed by atoms with Crippen molar-refractivity contribution in [3.8, 4) is 0 Å². The Morgan fingerprint density at radius 1 is 1.40 bits per heavy atom. The van der Waals surface area contributed by atoms with Crippen LogP contribution < -0.4 is 5.32 Å². The maximum atomic E-state index is 11.9. The molecule has 1 heterocycles. The van der Waals surface area contributed by atoms with Crippen LogP contribution in [0.1, 0.15) is 49.0 Å². The van der Waals surface area contributed by atoms with E-state index in [4.69, 9.17) is 0 Å². The molecule has 1 aliphatic rings. The van der Waals surface area contributed by atoms with Crippen LogP contribution in [0.5, 0.6) is 0 Å². The van der Waals surface area contributed by atoms with Crippen molar-refractivity contribution in [3.63, 3.8) is 0 Å². The van der Waals surface area contributed by atoms with Crippen molar-refractivity contribution in [1.29, 1.82) is 0 Å². The molecule has 1 aromatic rings. The van der Waals surface area contributed by atoms with Gasteiger partial charge in [0.15, 0.2) is 0 Å². The molecule has 0 aromatic carbocycles. The first kappa shape index (κ1) is 14.5. The zero-order valence-electron chi connectivity index (χ0n) is 11.2. The van der Waals surface area contributed by atoms with Gasteiger partial charge in [0.1, 0.15) is 5.69 Å². The van der Waals surface area contributed by atoms with Crippen molar-refractivity contribution in [3.05, 3.63) is 28.1 Å². The maximum Gasteiger partial charge on any atom is 0.287 e. The van der Waals surface area contributed by atoms with E-state index in [0.29, 0.717) is 12.8 Å². The minimum absolute atomic E-state index is 0.133. The number of amides is 1. The summed E-state index contributed by atoms with van der Waals surface area (Å²) in [5.74, 6) is -0.434. The third-order valence-electron chi connectivity index (χ3n) is 3.74. The summed E-state index contributed by atoms with van der Waals surface area (Å²) in [4.78, 5) is 24.4. The second kappa shape index (κ2) is 6.04. The van der Waals surface area contributed by atoms with Crippen LogP contribution in [0.25, 0.3) is 0 Å². The lowest BCUT2D eigenvalue weighted by atomic mass is 9.94. The van der Waals surface area contributed by atoms with Gasteiger partial charge in [-0.15, -0.1) is 0 Å². The fraction of sp³-hybridized carbons (Fsp3) is 0.615. The predicted octanol–water partition coefficient (Wildman–Crippen LogP) is 1.74. The summed E-state index contributed by atoms with van der Waals surface area (Å²) in [6.45, 7) is 0.179. The van der Waals surface area contributed by atoms with Crippen molar-refractivity contribution in [2.45, 2.75) is 44.1 Å². The molecule has 2 rings (SSSR count). The first-order valence-corrected chi connectivity index (χ1v) is 6.84. The van der Waals surface area contributed by atoms with Gasteiger partial charge in [-0.1, -0.05) is 25.7 Å². The number of nitrogens with zero attached hydrogens (tertiary/aromatic N) is 1. The van der Waals surface area contributed by atoms with Crippen molar-refractivity contribution in [2.24, 2.45) is 0 Å². The summed E-state index contributed by atoms with van der Waals surface area (Å²) in [6.07, 6.45) is 6.67. The van der Waals surface area contributed by atoms with Crippen LogP contribution in [0.15, 0.2) is 12.3 Å². The van der Waals surface area contributed by atoms with Crippen LogP contribution in [0.3, 0.4) is 0 Å². The number of hydrogen-bond donors (Lipinski definition) is 3. The Bertz CT molecular complexity index is 490. The van der Waals surface area contributed by atoms with Crippen molar-refractivity contribution in [1.82, 2.24) is 10.3 Å². The van der Waals surface area contributed by atoms with Gasteiger partial charge in [0.25, 0.3) is 11.6 Å². The number of H-pyrrole nitrogens is 1. The number of aromatic nitrogens is 1. The Morgan fingerprint density at radius 3 is 2.60 bits per heavy atom. The van der Waals surface area contributed by atoms with E-state index in [-0.39, 0.29) is 17.9 Å². The lowest BCUT2D eigenvalue weighted by molar-refractivity contribution is -0.384. The summed E-state index contributed by atoms with van der Waals surface area (Å²) in [6, 6.07) is 1.19. The third kappa shape index (κ3) is 3.57. The van der Waals surface area contributed by atoms with Crippen molar-refractivity contribution in [2.75, 3.05) is 6.54 Å². The molecule has 1 amide bonds. The summed E-state index contributed by atoms with van der Waals surface area (Å²) in [5.41, 5.74) is -0.873. The van der Waals surface area contributed by atoms with Crippen LogP contribution >= 0.6 is 0 Å². The van der Waals surface area contributed by atoms with E-state index in [1.165, 1.54) is 12.3 Å². The number of aromatic amines is 1. The maximum absolute atomic E-state index is 11.9. The van der Waals surface area contributed by atoms with E-state index in [1.807, 2.05) is 0 Å². The average Bonchev–Trinajstić information content (AvgIpc) is 2.81. The van der Waals surface area contributed by atoms with Gasteiger partial charge in [0, 0.05) is 12.6 Å². The molecule has 110 valence electrons. The standard InChI is InChI=1S/C13H19N3O4/c17-12(11-7-10(8-14-11)16(19)20)15-9-13(18)5-3-1-2-4-6-13/h7-8,14,18H,1-6,9H2,(H,15,17). The van der Waals surface area contributed by atoms with E-state index in [0.717, 1.165) is 25.7 Å². The van der Waals surface area contributed by atoms with Crippen LogP contribution in [0.2, 0.25) is 0 Å². The molecule has 0 radical (unpaired) electrons. The molecule has 1 fully saturated rings. The van der Waals surface area contributed by atoms with E-state index in [9.17, 15) is 20.0 Å². The minimum atomic E-state index is -0.856. The Morgan fingerprint density at radius 2 is 2.05 bits per heavy atom. The molecule has 0 unspecified atom stereocenters. The lowest BCUT2D eigenvalue weighted by Crippen LogP contribution is -2.42. The number of nitrogens with one attached hydrogen (secondary N) is 2. The molecule has 1 saturated carbocycles. The van der Waals surface area contributed by atoms with Gasteiger partial charge in [-0.25, -0.2) is 0 Å². The number of carbonyl (C=O) groups excluding carboxylic acids is 1. The van der Waals surface area contributed by atoms with E-state index in [1.54, 1.807) is 0 Å². The minimum Gasteiger partial charge on any atom is -0.388 e. The van der Waals surface area contributed by atoms with Gasteiger partial charge >= 0.3 is 0 Å². The molecule has 3 N–H and O–H groups in total. The summed E-state index contributed by atoms with van der Waals surface area (Å²) in [7, 11) is 0. The number of carbonyl (C=O) groups is 1. The average molecular weight is 281 g/mol. The van der Waals surface area contributed by atoms with Crippen LogP contribution in [0.4, 0.5) is 5.69 Å². The molecule has 1 aromatic heterocycles. The number of rotatable bonds is 4. The summed E-state index contributed by atoms with van der Waals surface area (Å²) in [5, 5.41) is 23.6. The first-order chi connectivity index (χ1) is 9.50. The molecule has 7 heteroatoms. The third-order valence-corrected chi connectivity index (χ3v) is 3.74. The second-order valence-electron chi connectivity index (χ2n) is 5.35. The fourth-order valence-corrected chi connectivity index (χ4v) is 2.52. The first-order valence-electron chi connectivity index (χ1n) is 6.84. The molecular formula is C13H19N3O4. The van der Waals surface area contributed by atoms with Crippen LogP contribution in [-0.4, -0.2) is 33.1 Å². The monoisotopic (exact) mass is 281 g/mol. The van der Waals surface area contributed by atoms with Crippen LogP contribution in [-0.2, 0) is 0 Å². The highest BCUT2D eigenvalue weighted by Crippen LogP contribution is 2.26. The van der Waals surface area contributed by atoms with Crippen LogP contribution in [0, 0.1) is 10.1 Å². The number of hydrogen-bond acceptors (Lipinski definition) is 4. The quantitative estimate of drug-likeness (QED) is 0.443. The molecule has 0 bridgehead atoms. The van der Waals surface area contributed by atoms with Gasteiger partial charge < -0.3 is 15.4 Å². The molecule has 7 nitrogen and oxygen atoms in total. The smallest absolute Gasteiger partial charge is 0.287 e. The van der Waals surface area contributed by atoms with Gasteiger partial charge in [-0.3, -0.25) is 14.9 Å². The topological polar surface area (TPSA) is 108 Å².